The first-order valence-corrected chi connectivity index (χ1v) is 7.79. The Hall–Kier alpha value is -0.860. The number of hydrogen-bond acceptors (Lipinski definition) is 2. The number of hydrogen-bond donors (Lipinski definition) is 2. The van der Waals surface area contributed by atoms with Gasteiger partial charge in [-0.1, -0.05) is 24.6 Å². The van der Waals surface area contributed by atoms with Crippen LogP contribution in [0.25, 0.3) is 0 Å². The zero-order valence-corrected chi connectivity index (χ0v) is 11.7. The topological polar surface area (TPSA) is 32.3 Å². The predicted octanol–water partition coefficient (Wildman–Crippen LogP) is 2.67. The number of rotatable bonds is 5. The summed E-state index contributed by atoms with van der Waals surface area (Å²) < 4.78 is 0. The minimum Gasteiger partial charge on any atom is -0.396 e. The second-order valence-corrected chi connectivity index (χ2v) is 6.22. The molecule has 0 radical (unpaired) electrons. The highest BCUT2D eigenvalue weighted by Gasteiger charge is 2.25. The number of aliphatic hydroxyl groups is 1. The predicted molar refractivity (Wildman–Crippen MR) is 78.1 cm³/mol. The Bertz CT molecular complexity index is 429. The van der Waals surface area contributed by atoms with Crippen molar-refractivity contribution < 1.29 is 5.11 Å². The molecule has 1 saturated carbocycles. The molecule has 0 heterocycles. The Balaban J connectivity index is 1.50. The van der Waals surface area contributed by atoms with Crippen LogP contribution < -0.4 is 5.32 Å². The van der Waals surface area contributed by atoms with Crippen molar-refractivity contribution in [3.05, 3.63) is 34.9 Å². The van der Waals surface area contributed by atoms with Crippen LogP contribution in [0.2, 0.25) is 0 Å². The lowest BCUT2D eigenvalue weighted by atomic mass is 9.97. The van der Waals surface area contributed by atoms with E-state index >= 15 is 0 Å². The monoisotopic (exact) mass is 259 g/mol. The lowest BCUT2D eigenvalue weighted by molar-refractivity contribution is 0.192. The summed E-state index contributed by atoms with van der Waals surface area (Å²) in [6.07, 6.45) is 7.63. The third-order valence-corrected chi connectivity index (χ3v) is 4.95. The Morgan fingerprint density at radius 2 is 1.89 bits per heavy atom. The number of aliphatic hydroxyl groups excluding tert-OH is 1. The molecule has 1 aromatic carbocycles. The minimum absolute atomic E-state index is 0.366. The maximum absolute atomic E-state index is 9.33. The molecule has 104 valence electrons. The van der Waals surface area contributed by atoms with Gasteiger partial charge in [0.25, 0.3) is 0 Å². The summed E-state index contributed by atoms with van der Waals surface area (Å²) in [4.78, 5) is 0. The molecule has 0 aliphatic heterocycles. The van der Waals surface area contributed by atoms with Crippen LogP contribution in [-0.2, 0) is 19.4 Å². The van der Waals surface area contributed by atoms with Gasteiger partial charge in [-0.25, -0.2) is 0 Å². The van der Waals surface area contributed by atoms with Gasteiger partial charge in [0, 0.05) is 13.2 Å². The van der Waals surface area contributed by atoms with Gasteiger partial charge in [-0.2, -0.15) is 0 Å². The Morgan fingerprint density at radius 3 is 2.79 bits per heavy atom. The molecule has 0 bridgehead atoms. The fourth-order valence-electron chi connectivity index (χ4n) is 3.76. The normalized spacial score (nSPS) is 25.7. The van der Waals surface area contributed by atoms with Crippen LogP contribution in [0.3, 0.4) is 0 Å². The second kappa shape index (κ2) is 6.06. The maximum atomic E-state index is 9.33. The zero-order chi connectivity index (χ0) is 13.1. The van der Waals surface area contributed by atoms with Crippen molar-refractivity contribution in [1.82, 2.24) is 5.32 Å². The van der Waals surface area contributed by atoms with Crippen molar-refractivity contribution in [1.29, 1.82) is 0 Å². The van der Waals surface area contributed by atoms with Gasteiger partial charge in [-0.15, -0.1) is 0 Å². The summed E-state index contributed by atoms with van der Waals surface area (Å²) >= 11 is 0. The van der Waals surface area contributed by atoms with Gasteiger partial charge >= 0.3 is 0 Å². The van der Waals surface area contributed by atoms with Crippen LogP contribution in [0, 0.1) is 11.8 Å². The van der Waals surface area contributed by atoms with E-state index in [-0.39, 0.29) is 0 Å². The van der Waals surface area contributed by atoms with Crippen LogP contribution in [-0.4, -0.2) is 18.3 Å². The van der Waals surface area contributed by atoms with Crippen LogP contribution >= 0.6 is 0 Å². The summed E-state index contributed by atoms with van der Waals surface area (Å²) in [7, 11) is 0. The highest BCUT2D eigenvalue weighted by molar-refractivity contribution is 5.35. The SMILES string of the molecule is OCC1CCCC1CNCc1ccc2c(c1)CCC2. The fraction of sp³-hybridized carbons (Fsp3) is 0.647. The fourth-order valence-corrected chi connectivity index (χ4v) is 3.76. The zero-order valence-electron chi connectivity index (χ0n) is 11.7. The van der Waals surface area contributed by atoms with Crippen LogP contribution in [0.1, 0.15) is 42.4 Å². The lowest BCUT2D eigenvalue weighted by Gasteiger charge is -2.18. The first-order valence-electron chi connectivity index (χ1n) is 7.79. The van der Waals surface area contributed by atoms with Crippen LogP contribution in [0.5, 0.6) is 0 Å². The molecule has 0 saturated heterocycles. The van der Waals surface area contributed by atoms with Crippen molar-refractivity contribution >= 4 is 0 Å². The molecular weight excluding hydrogens is 234 g/mol. The molecule has 1 fully saturated rings. The third kappa shape index (κ3) is 3.01. The van der Waals surface area contributed by atoms with Gasteiger partial charge in [0.05, 0.1) is 0 Å². The lowest BCUT2D eigenvalue weighted by Crippen LogP contribution is -2.26. The number of benzene rings is 1. The molecule has 19 heavy (non-hydrogen) atoms. The molecule has 2 N–H and O–H groups in total. The van der Waals surface area contributed by atoms with E-state index in [4.69, 9.17) is 0 Å². The first-order chi connectivity index (χ1) is 9.36. The van der Waals surface area contributed by atoms with Gasteiger partial charge in [0.2, 0.25) is 0 Å². The van der Waals surface area contributed by atoms with Crippen molar-refractivity contribution in [2.75, 3.05) is 13.2 Å². The van der Waals surface area contributed by atoms with E-state index in [1.165, 1.54) is 44.1 Å². The van der Waals surface area contributed by atoms with E-state index in [1.807, 2.05) is 0 Å². The summed E-state index contributed by atoms with van der Waals surface area (Å²) in [5.41, 5.74) is 4.53. The van der Waals surface area contributed by atoms with E-state index < -0.39 is 0 Å². The molecular formula is C17H25NO. The number of aryl methyl sites for hydroxylation is 2. The van der Waals surface area contributed by atoms with Crippen LogP contribution in [0.4, 0.5) is 0 Å². The minimum atomic E-state index is 0.366. The Morgan fingerprint density at radius 1 is 1.05 bits per heavy atom. The van der Waals surface area contributed by atoms with E-state index in [0.717, 1.165) is 13.1 Å². The summed E-state index contributed by atoms with van der Waals surface area (Å²) in [5, 5.41) is 12.9. The molecule has 2 aliphatic carbocycles. The molecule has 1 aromatic rings. The first kappa shape index (κ1) is 13.1. The average molecular weight is 259 g/mol. The molecule has 0 spiro atoms. The third-order valence-electron chi connectivity index (χ3n) is 4.95. The molecule has 2 heteroatoms. The van der Waals surface area contributed by atoms with Gasteiger partial charge < -0.3 is 10.4 Å². The highest BCUT2D eigenvalue weighted by Crippen LogP contribution is 2.30. The van der Waals surface area contributed by atoms with Gasteiger partial charge in [-0.3, -0.25) is 0 Å². The average Bonchev–Trinajstić information content (AvgIpc) is 3.06. The quantitative estimate of drug-likeness (QED) is 0.852. The molecule has 2 unspecified atom stereocenters. The summed E-state index contributed by atoms with van der Waals surface area (Å²) in [6, 6.07) is 6.97. The largest absolute Gasteiger partial charge is 0.396 e. The van der Waals surface area contributed by atoms with Crippen molar-refractivity contribution in [3.63, 3.8) is 0 Å². The van der Waals surface area contributed by atoms with Crippen LogP contribution in [0.15, 0.2) is 18.2 Å². The van der Waals surface area contributed by atoms with Gasteiger partial charge in [0.15, 0.2) is 0 Å². The maximum Gasteiger partial charge on any atom is 0.0462 e. The highest BCUT2D eigenvalue weighted by atomic mass is 16.3. The smallest absolute Gasteiger partial charge is 0.0462 e. The van der Waals surface area contributed by atoms with Crippen molar-refractivity contribution in [2.45, 2.75) is 45.1 Å². The van der Waals surface area contributed by atoms with E-state index in [0.29, 0.717) is 18.4 Å². The molecule has 0 amide bonds. The standard InChI is InChI=1S/C17H25NO/c19-12-17-6-2-5-16(17)11-18-10-13-7-8-14-3-1-4-15(14)9-13/h7-9,16-19H,1-6,10-12H2. The molecule has 2 atom stereocenters. The van der Waals surface area contributed by atoms with Gasteiger partial charge in [0.1, 0.15) is 0 Å². The Labute approximate surface area is 116 Å². The van der Waals surface area contributed by atoms with E-state index in [1.54, 1.807) is 11.1 Å². The van der Waals surface area contributed by atoms with Crippen molar-refractivity contribution in [2.24, 2.45) is 11.8 Å². The molecule has 0 aromatic heterocycles. The summed E-state index contributed by atoms with van der Waals surface area (Å²) in [6.45, 7) is 2.40. The molecule has 2 nitrogen and oxygen atoms in total. The number of fused-ring (bicyclic) bond motifs is 1. The molecule has 3 rings (SSSR count). The van der Waals surface area contributed by atoms with Gasteiger partial charge in [-0.05, 0) is 67.2 Å². The summed E-state index contributed by atoms with van der Waals surface area (Å²) in [5.74, 6) is 1.21. The second-order valence-electron chi connectivity index (χ2n) is 6.22. The van der Waals surface area contributed by atoms with E-state index in [2.05, 4.69) is 23.5 Å². The van der Waals surface area contributed by atoms with E-state index in [9.17, 15) is 5.11 Å². The van der Waals surface area contributed by atoms with Crippen molar-refractivity contribution in [3.8, 4) is 0 Å². The molecule has 2 aliphatic rings. The Kier molecular flexibility index (Phi) is 4.19. The number of nitrogens with one attached hydrogen (secondary N) is 1.